The predicted molar refractivity (Wildman–Crippen MR) is 43.7 cm³/mol. The molecule has 4 heteroatoms. The summed E-state index contributed by atoms with van der Waals surface area (Å²) in [5.74, 6) is -1.62. The van der Waals surface area contributed by atoms with Crippen molar-refractivity contribution < 1.29 is 9.90 Å². The Kier molecular flexibility index (Phi) is 2.76. The molecule has 0 fully saturated rings. The molecule has 12 heavy (non-hydrogen) atoms. The number of hydrogen-bond acceptors (Lipinski definition) is 3. The Hall–Kier alpha value is -1.42. The van der Waals surface area contributed by atoms with Gasteiger partial charge in [-0.05, 0) is 12.1 Å². The molecule has 1 rings (SSSR count). The van der Waals surface area contributed by atoms with Gasteiger partial charge in [0.25, 0.3) is 0 Å². The maximum absolute atomic E-state index is 10.6. The van der Waals surface area contributed by atoms with Crippen molar-refractivity contribution >= 4 is 5.97 Å². The van der Waals surface area contributed by atoms with Gasteiger partial charge in [0, 0.05) is 12.7 Å². The van der Waals surface area contributed by atoms with Gasteiger partial charge in [-0.15, -0.1) is 0 Å². The van der Waals surface area contributed by atoms with Crippen LogP contribution in [0.3, 0.4) is 0 Å². The van der Waals surface area contributed by atoms with Crippen LogP contribution in [0.1, 0.15) is 11.6 Å². The molecule has 0 aliphatic carbocycles. The van der Waals surface area contributed by atoms with Crippen LogP contribution in [0.4, 0.5) is 0 Å². The molecule has 0 spiro atoms. The molecule has 1 atom stereocenters. The van der Waals surface area contributed by atoms with Crippen LogP contribution >= 0.6 is 0 Å². The summed E-state index contributed by atoms with van der Waals surface area (Å²) in [6, 6.07) is 5.14. The zero-order valence-electron chi connectivity index (χ0n) is 6.47. The summed E-state index contributed by atoms with van der Waals surface area (Å²) in [5, 5.41) is 8.71. The molecule has 1 heterocycles. The Bertz CT molecular complexity index is 261. The molecular weight excluding hydrogens is 156 g/mol. The second-order valence-electron chi connectivity index (χ2n) is 2.38. The van der Waals surface area contributed by atoms with Crippen LogP contribution in [-0.4, -0.2) is 22.6 Å². The summed E-state index contributed by atoms with van der Waals surface area (Å²) >= 11 is 0. The lowest BCUT2D eigenvalue weighted by atomic mass is 10.1. The number of carboxylic acids is 1. The first-order valence-electron chi connectivity index (χ1n) is 3.59. The van der Waals surface area contributed by atoms with Crippen LogP contribution in [0.15, 0.2) is 24.4 Å². The number of pyridine rings is 1. The summed E-state index contributed by atoms with van der Waals surface area (Å²) in [6.07, 6.45) is 1.56. The van der Waals surface area contributed by atoms with Gasteiger partial charge in [0.15, 0.2) is 0 Å². The van der Waals surface area contributed by atoms with Gasteiger partial charge in [-0.25, -0.2) is 0 Å². The summed E-state index contributed by atoms with van der Waals surface area (Å²) in [4.78, 5) is 14.5. The zero-order valence-corrected chi connectivity index (χ0v) is 6.47. The van der Waals surface area contributed by atoms with Crippen molar-refractivity contribution in [2.45, 2.75) is 5.92 Å². The third kappa shape index (κ3) is 1.79. The Morgan fingerprint density at radius 2 is 2.42 bits per heavy atom. The number of aliphatic carboxylic acids is 1. The molecule has 4 nitrogen and oxygen atoms in total. The van der Waals surface area contributed by atoms with Gasteiger partial charge in [-0.3, -0.25) is 9.78 Å². The molecular formula is C8H10N2O2. The molecule has 0 aromatic carbocycles. The normalized spacial score (nSPS) is 12.4. The van der Waals surface area contributed by atoms with Crippen molar-refractivity contribution in [3.63, 3.8) is 0 Å². The molecule has 64 valence electrons. The predicted octanol–water partition coefficient (Wildman–Crippen LogP) is 0.208. The standard InChI is InChI=1S/C8H10N2O2/c9-5-6(8(11)12)7-3-1-2-4-10-7/h1-4,6H,5,9H2,(H,11,12)/t6-/m1/s1. The Balaban J connectivity index is 2.88. The van der Waals surface area contributed by atoms with E-state index >= 15 is 0 Å². The van der Waals surface area contributed by atoms with Crippen molar-refractivity contribution in [3.8, 4) is 0 Å². The number of carbonyl (C=O) groups is 1. The quantitative estimate of drug-likeness (QED) is 0.672. The summed E-state index contributed by atoms with van der Waals surface area (Å²) < 4.78 is 0. The molecule has 0 aliphatic rings. The van der Waals surface area contributed by atoms with E-state index in [-0.39, 0.29) is 6.54 Å². The van der Waals surface area contributed by atoms with Crippen molar-refractivity contribution in [1.29, 1.82) is 0 Å². The van der Waals surface area contributed by atoms with Crippen LogP contribution in [0, 0.1) is 0 Å². The van der Waals surface area contributed by atoms with Gasteiger partial charge in [-0.2, -0.15) is 0 Å². The zero-order chi connectivity index (χ0) is 8.97. The first-order valence-corrected chi connectivity index (χ1v) is 3.59. The minimum Gasteiger partial charge on any atom is -0.481 e. The van der Waals surface area contributed by atoms with Gasteiger partial charge in [0.2, 0.25) is 0 Å². The molecule has 1 aromatic rings. The molecule has 0 saturated heterocycles. The van der Waals surface area contributed by atoms with E-state index in [4.69, 9.17) is 10.8 Å². The minimum atomic E-state index is -0.934. The van der Waals surface area contributed by atoms with Gasteiger partial charge in [0.1, 0.15) is 5.92 Å². The average Bonchev–Trinajstić information content (AvgIpc) is 2.07. The van der Waals surface area contributed by atoms with Crippen LogP contribution < -0.4 is 5.73 Å². The lowest BCUT2D eigenvalue weighted by Crippen LogP contribution is -2.21. The number of hydrogen-bond donors (Lipinski definition) is 2. The highest BCUT2D eigenvalue weighted by molar-refractivity contribution is 5.75. The van der Waals surface area contributed by atoms with Crippen molar-refractivity contribution in [1.82, 2.24) is 4.98 Å². The molecule has 0 radical (unpaired) electrons. The van der Waals surface area contributed by atoms with Crippen molar-refractivity contribution in [2.24, 2.45) is 5.73 Å². The average molecular weight is 166 g/mol. The second kappa shape index (κ2) is 3.82. The second-order valence-corrected chi connectivity index (χ2v) is 2.38. The van der Waals surface area contributed by atoms with E-state index in [0.29, 0.717) is 5.69 Å². The third-order valence-electron chi connectivity index (χ3n) is 1.58. The highest BCUT2D eigenvalue weighted by Gasteiger charge is 2.18. The van der Waals surface area contributed by atoms with Gasteiger partial charge in [0.05, 0.1) is 5.69 Å². The fourth-order valence-corrected chi connectivity index (χ4v) is 0.930. The number of nitrogens with zero attached hydrogens (tertiary/aromatic N) is 1. The molecule has 0 unspecified atom stereocenters. The maximum Gasteiger partial charge on any atom is 0.313 e. The van der Waals surface area contributed by atoms with E-state index in [1.54, 1.807) is 24.4 Å². The Morgan fingerprint density at radius 3 is 2.83 bits per heavy atom. The summed E-state index contributed by atoms with van der Waals surface area (Å²) in [7, 11) is 0. The van der Waals surface area contributed by atoms with Crippen molar-refractivity contribution in [2.75, 3.05) is 6.54 Å². The topological polar surface area (TPSA) is 76.2 Å². The molecule has 3 N–H and O–H groups in total. The van der Waals surface area contributed by atoms with E-state index < -0.39 is 11.9 Å². The monoisotopic (exact) mass is 166 g/mol. The van der Waals surface area contributed by atoms with Crippen LogP contribution in [-0.2, 0) is 4.79 Å². The molecule has 0 amide bonds. The molecule has 1 aromatic heterocycles. The van der Waals surface area contributed by atoms with Gasteiger partial charge in [-0.1, -0.05) is 6.07 Å². The SMILES string of the molecule is NC[C@@H](C(=O)O)c1ccccn1. The highest BCUT2D eigenvalue weighted by Crippen LogP contribution is 2.10. The van der Waals surface area contributed by atoms with Gasteiger partial charge < -0.3 is 10.8 Å². The first kappa shape index (κ1) is 8.67. The summed E-state index contributed by atoms with van der Waals surface area (Å²) in [5.41, 5.74) is 5.79. The first-order chi connectivity index (χ1) is 5.75. The van der Waals surface area contributed by atoms with E-state index in [1.165, 1.54) is 0 Å². The Labute approximate surface area is 70.0 Å². The number of nitrogens with two attached hydrogens (primary N) is 1. The van der Waals surface area contributed by atoms with Gasteiger partial charge >= 0.3 is 5.97 Å². The fourth-order valence-electron chi connectivity index (χ4n) is 0.930. The smallest absolute Gasteiger partial charge is 0.313 e. The van der Waals surface area contributed by atoms with Crippen molar-refractivity contribution in [3.05, 3.63) is 30.1 Å². The number of aromatic nitrogens is 1. The minimum absolute atomic E-state index is 0.0757. The van der Waals surface area contributed by atoms with E-state index in [0.717, 1.165) is 0 Å². The summed E-state index contributed by atoms with van der Waals surface area (Å²) in [6.45, 7) is 0.0757. The maximum atomic E-state index is 10.6. The molecule has 0 aliphatic heterocycles. The van der Waals surface area contributed by atoms with E-state index in [1.807, 2.05) is 0 Å². The highest BCUT2D eigenvalue weighted by atomic mass is 16.4. The Morgan fingerprint density at radius 1 is 1.67 bits per heavy atom. The van der Waals surface area contributed by atoms with Crippen LogP contribution in [0.5, 0.6) is 0 Å². The number of rotatable bonds is 3. The van der Waals surface area contributed by atoms with E-state index in [2.05, 4.69) is 4.98 Å². The van der Waals surface area contributed by atoms with Crippen LogP contribution in [0.25, 0.3) is 0 Å². The lowest BCUT2D eigenvalue weighted by molar-refractivity contribution is -0.138. The third-order valence-corrected chi connectivity index (χ3v) is 1.58. The number of carboxylic acid groups (broad SMARTS) is 1. The molecule has 0 bridgehead atoms. The lowest BCUT2D eigenvalue weighted by Gasteiger charge is -2.07. The van der Waals surface area contributed by atoms with E-state index in [9.17, 15) is 4.79 Å². The molecule has 0 saturated carbocycles. The fraction of sp³-hybridized carbons (Fsp3) is 0.250. The largest absolute Gasteiger partial charge is 0.481 e. The van der Waals surface area contributed by atoms with Crippen LogP contribution in [0.2, 0.25) is 0 Å².